The molecular weight excluding hydrogens is 175 g/mol. The molecule has 0 unspecified atom stereocenters. The molecule has 0 heterocycles. The van der Waals surface area contributed by atoms with Gasteiger partial charge in [0.1, 0.15) is 0 Å². The van der Waals surface area contributed by atoms with E-state index >= 15 is 0 Å². The van der Waals surface area contributed by atoms with Gasteiger partial charge in [0.05, 0.1) is 0 Å². The first kappa shape index (κ1) is 12.5. The summed E-state index contributed by atoms with van der Waals surface area (Å²) in [5.74, 6) is 0.574. The largest absolute Gasteiger partial charge is 0.478 e. The van der Waals surface area contributed by atoms with E-state index in [-0.39, 0.29) is 0 Å². The molecule has 1 radical (unpaired) electrons. The predicted molar refractivity (Wildman–Crippen MR) is 60.2 cm³/mol. The molecule has 0 aromatic heterocycles. The minimum Gasteiger partial charge on any atom is -0.478 e. The number of rotatable bonds is 5. The Hall–Kier alpha value is -1.51. The van der Waals surface area contributed by atoms with Gasteiger partial charge >= 0.3 is 5.97 Å². The summed E-state index contributed by atoms with van der Waals surface area (Å²) < 4.78 is 0. The van der Waals surface area contributed by atoms with Gasteiger partial charge in [0.25, 0.3) is 0 Å². The standard InChI is InChI=1S/C11H14BO2/c1-3-5-7-10(6-4-2)12-9-8-11(13)14/h3-9H,1-2H3,(H,13,14)/b5-3-,6-4-,9-8+,10-7+. The van der Waals surface area contributed by atoms with Crippen molar-refractivity contribution in [3.05, 3.63) is 47.9 Å². The van der Waals surface area contributed by atoms with Gasteiger partial charge in [0, 0.05) is 6.08 Å². The van der Waals surface area contributed by atoms with Crippen LogP contribution < -0.4 is 0 Å². The van der Waals surface area contributed by atoms with Gasteiger partial charge in [-0.3, -0.25) is 0 Å². The molecule has 0 aromatic rings. The third kappa shape index (κ3) is 7.16. The Balaban J connectivity index is 4.31. The summed E-state index contributed by atoms with van der Waals surface area (Å²) in [6, 6.07) is 0. The van der Waals surface area contributed by atoms with Crippen molar-refractivity contribution in [1.82, 2.24) is 0 Å². The second-order valence-corrected chi connectivity index (χ2v) is 2.56. The number of hydrogen-bond donors (Lipinski definition) is 1. The van der Waals surface area contributed by atoms with Crippen molar-refractivity contribution in [3.63, 3.8) is 0 Å². The molecule has 2 nitrogen and oxygen atoms in total. The van der Waals surface area contributed by atoms with E-state index in [1.165, 1.54) is 5.98 Å². The highest BCUT2D eigenvalue weighted by Crippen LogP contribution is 1.96. The normalized spacial score (nSPS) is 13.1. The third-order valence-corrected chi connectivity index (χ3v) is 1.37. The van der Waals surface area contributed by atoms with Crippen molar-refractivity contribution >= 4 is 13.2 Å². The van der Waals surface area contributed by atoms with Crippen molar-refractivity contribution < 1.29 is 9.90 Å². The molecule has 0 aliphatic rings. The zero-order chi connectivity index (χ0) is 10.8. The average Bonchev–Trinajstić information content (AvgIpc) is 2.13. The molecule has 1 N–H and O–H groups in total. The smallest absolute Gasteiger partial charge is 0.327 e. The van der Waals surface area contributed by atoms with Crippen molar-refractivity contribution in [2.45, 2.75) is 13.8 Å². The first-order valence-corrected chi connectivity index (χ1v) is 4.40. The van der Waals surface area contributed by atoms with Crippen LogP contribution in [0.3, 0.4) is 0 Å². The van der Waals surface area contributed by atoms with Crippen LogP contribution in [0.2, 0.25) is 0 Å². The highest BCUT2D eigenvalue weighted by Gasteiger charge is 1.91. The van der Waals surface area contributed by atoms with Gasteiger partial charge in [-0.2, -0.15) is 0 Å². The van der Waals surface area contributed by atoms with Gasteiger partial charge in [-0.15, -0.1) is 5.98 Å². The maximum absolute atomic E-state index is 10.2. The van der Waals surface area contributed by atoms with Crippen LogP contribution in [0.15, 0.2) is 47.9 Å². The maximum atomic E-state index is 10.2. The Morgan fingerprint density at radius 3 is 2.43 bits per heavy atom. The van der Waals surface area contributed by atoms with E-state index in [0.29, 0.717) is 0 Å². The predicted octanol–water partition coefficient (Wildman–Crippen LogP) is 2.33. The molecule has 0 aromatic carbocycles. The zero-order valence-electron chi connectivity index (χ0n) is 8.47. The summed E-state index contributed by atoms with van der Waals surface area (Å²) >= 11 is 0. The Labute approximate surface area is 85.6 Å². The minimum absolute atomic E-state index is 0.938. The molecule has 3 heteroatoms. The highest BCUT2D eigenvalue weighted by atomic mass is 16.4. The molecule has 0 spiro atoms. The van der Waals surface area contributed by atoms with Crippen LogP contribution in [0.4, 0.5) is 0 Å². The van der Waals surface area contributed by atoms with E-state index in [1.54, 1.807) is 7.28 Å². The van der Waals surface area contributed by atoms with Gasteiger partial charge < -0.3 is 5.11 Å². The lowest BCUT2D eigenvalue weighted by atomic mass is 9.69. The van der Waals surface area contributed by atoms with Gasteiger partial charge in [-0.1, -0.05) is 35.9 Å². The summed E-state index contributed by atoms with van der Waals surface area (Å²) in [7, 11) is 1.74. The molecule has 0 aliphatic carbocycles. The lowest BCUT2D eigenvalue weighted by molar-refractivity contribution is -0.131. The van der Waals surface area contributed by atoms with E-state index < -0.39 is 5.97 Å². The van der Waals surface area contributed by atoms with Crippen molar-refractivity contribution in [2.75, 3.05) is 0 Å². The number of aliphatic carboxylic acids is 1. The summed E-state index contributed by atoms with van der Waals surface area (Å²) in [6.07, 6.45) is 10.6. The molecule has 0 fully saturated rings. The Bertz CT molecular complexity index is 286. The fraction of sp³-hybridized carbons (Fsp3) is 0.182. The number of carbonyl (C=O) groups is 1. The SMILES string of the molecule is C\C=C/C=C([B]/C=C/C(=O)O)\C=C/C. The highest BCUT2D eigenvalue weighted by molar-refractivity contribution is 6.52. The molecule has 14 heavy (non-hydrogen) atoms. The van der Waals surface area contributed by atoms with Crippen LogP contribution in [0.5, 0.6) is 0 Å². The van der Waals surface area contributed by atoms with Crippen LogP contribution in [0, 0.1) is 0 Å². The van der Waals surface area contributed by atoms with Crippen LogP contribution >= 0.6 is 0 Å². The minimum atomic E-state index is -0.938. The van der Waals surface area contributed by atoms with Gasteiger partial charge in [-0.05, 0) is 13.8 Å². The zero-order valence-corrected chi connectivity index (χ0v) is 8.47. The van der Waals surface area contributed by atoms with Crippen LogP contribution in [-0.2, 0) is 4.79 Å². The van der Waals surface area contributed by atoms with Gasteiger partial charge in [0.15, 0.2) is 7.28 Å². The van der Waals surface area contributed by atoms with Crippen molar-refractivity contribution in [2.24, 2.45) is 0 Å². The molecule has 73 valence electrons. The van der Waals surface area contributed by atoms with Crippen LogP contribution in [0.1, 0.15) is 13.8 Å². The lowest BCUT2D eigenvalue weighted by Crippen LogP contribution is -1.93. The van der Waals surface area contributed by atoms with Crippen LogP contribution in [-0.4, -0.2) is 18.4 Å². The van der Waals surface area contributed by atoms with E-state index in [9.17, 15) is 4.79 Å². The molecule has 0 atom stereocenters. The summed E-state index contributed by atoms with van der Waals surface area (Å²) in [4.78, 5) is 10.2. The van der Waals surface area contributed by atoms with Crippen molar-refractivity contribution in [3.8, 4) is 0 Å². The van der Waals surface area contributed by atoms with Gasteiger partial charge in [0.2, 0.25) is 0 Å². The molecule has 0 rings (SSSR count). The average molecular weight is 189 g/mol. The Morgan fingerprint density at radius 2 is 1.93 bits per heavy atom. The van der Waals surface area contributed by atoms with E-state index in [0.717, 1.165) is 11.5 Å². The Kier molecular flexibility index (Phi) is 7.24. The second kappa shape index (κ2) is 8.11. The fourth-order valence-corrected chi connectivity index (χ4v) is 0.808. The van der Waals surface area contributed by atoms with Crippen LogP contribution in [0.25, 0.3) is 0 Å². The molecular formula is C11H14BO2. The van der Waals surface area contributed by atoms with E-state index in [1.807, 2.05) is 44.2 Å². The second-order valence-electron chi connectivity index (χ2n) is 2.56. The first-order chi connectivity index (χ1) is 6.70. The molecule has 0 saturated heterocycles. The topological polar surface area (TPSA) is 37.3 Å². The quantitative estimate of drug-likeness (QED) is 0.409. The molecule has 0 aliphatic heterocycles. The lowest BCUT2D eigenvalue weighted by Gasteiger charge is -1.92. The Morgan fingerprint density at radius 1 is 1.21 bits per heavy atom. The molecule has 0 bridgehead atoms. The van der Waals surface area contributed by atoms with E-state index in [4.69, 9.17) is 5.11 Å². The summed E-state index contributed by atoms with van der Waals surface area (Å²) in [6.45, 7) is 3.84. The maximum Gasteiger partial charge on any atom is 0.327 e. The van der Waals surface area contributed by atoms with Gasteiger partial charge in [-0.25, -0.2) is 4.79 Å². The summed E-state index contributed by atoms with van der Waals surface area (Å²) in [5.41, 5.74) is 0.961. The number of carboxylic acids is 1. The monoisotopic (exact) mass is 189 g/mol. The fourth-order valence-electron chi connectivity index (χ4n) is 0.808. The van der Waals surface area contributed by atoms with E-state index in [2.05, 4.69) is 0 Å². The molecule has 0 saturated carbocycles. The first-order valence-electron chi connectivity index (χ1n) is 4.40. The number of carboxylic acid groups (broad SMARTS) is 1. The third-order valence-electron chi connectivity index (χ3n) is 1.37. The van der Waals surface area contributed by atoms with Crippen molar-refractivity contribution in [1.29, 1.82) is 0 Å². The molecule has 0 amide bonds. The number of hydrogen-bond acceptors (Lipinski definition) is 1. The number of allylic oxidation sites excluding steroid dienone is 6. The summed E-state index contributed by atoms with van der Waals surface area (Å²) in [5, 5.41) is 8.37.